The van der Waals surface area contributed by atoms with Crippen molar-refractivity contribution in [2.24, 2.45) is 0 Å². The Morgan fingerprint density at radius 2 is 1.04 bits per heavy atom. The molecule has 2 aromatic carbocycles. The van der Waals surface area contributed by atoms with Crippen molar-refractivity contribution in [3.8, 4) is 0 Å². The number of halogens is 2. The maximum Gasteiger partial charge on any atom is 0.147 e. The highest BCUT2D eigenvalue weighted by molar-refractivity contribution is 6.18. The fraction of sp³-hybridized carbons (Fsp3) is 0.435. The van der Waals surface area contributed by atoms with Crippen LogP contribution in [0.2, 0.25) is 0 Å². The molecule has 0 spiro atoms. The summed E-state index contributed by atoms with van der Waals surface area (Å²) < 4.78 is 0. The maximum absolute atomic E-state index is 13.6. The Bertz CT molecular complexity index is 572. The van der Waals surface area contributed by atoms with Crippen molar-refractivity contribution in [3.05, 3.63) is 71.8 Å². The van der Waals surface area contributed by atoms with Gasteiger partial charge in [-0.05, 0) is 36.8 Å². The second-order valence-corrected chi connectivity index (χ2v) is 7.45. The van der Waals surface area contributed by atoms with Gasteiger partial charge in [-0.25, -0.2) is 0 Å². The van der Waals surface area contributed by atoms with Crippen molar-refractivity contribution < 1.29 is 4.79 Å². The molecule has 3 heteroatoms. The van der Waals surface area contributed by atoms with E-state index in [1.54, 1.807) is 0 Å². The number of ketones is 1. The Balaban J connectivity index is 2.24. The molecule has 2 aromatic rings. The Morgan fingerprint density at radius 3 is 1.38 bits per heavy atom. The lowest BCUT2D eigenvalue weighted by Crippen LogP contribution is -2.21. The topological polar surface area (TPSA) is 17.1 Å². The Hall–Kier alpha value is -1.31. The SMILES string of the molecule is O=C(C(CCCCCl)c1ccccc1)C(CCCCCl)c1ccccc1. The van der Waals surface area contributed by atoms with Crippen LogP contribution in [0.3, 0.4) is 0 Å². The van der Waals surface area contributed by atoms with E-state index in [1.807, 2.05) is 36.4 Å². The van der Waals surface area contributed by atoms with Gasteiger partial charge in [-0.3, -0.25) is 4.79 Å². The molecule has 1 nitrogen and oxygen atoms in total. The average molecular weight is 391 g/mol. The van der Waals surface area contributed by atoms with Gasteiger partial charge >= 0.3 is 0 Å². The lowest BCUT2D eigenvalue weighted by Gasteiger charge is -2.23. The number of unbranched alkanes of at least 4 members (excludes halogenated alkanes) is 2. The van der Waals surface area contributed by atoms with Gasteiger partial charge in [-0.15, -0.1) is 23.2 Å². The molecule has 140 valence electrons. The summed E-state index contributed by atoms with van der Waals surface area (Å²) in [6, 6.07) is 20.4. The number of hydrogen-bond acceptors (Lipinski definition) is 1. The molecular formula is C23H28Cl2O. The number of Topliss-reactive ketones (excluding diaryl/α,β-unsaturated/α-hetero) is 1. The van der Waals surface area contributed by atoms with Crippen molar-refractivity contribution in [2.45, 2.75) is 50.4 Å². The minimum absolute atomic E-state index is 0.0689. The average Bonchev–Trinajstić information content (AvgIpc) is 2.70. The van der Waals surface area contributed by atoms with E-state index >= 15 is 0 Å². The normalized spacial score (nSPS) is 13.3. The van der Waals surface area contributed by atoms with Gasteiger partial charge in [-0.1, -0.05) is 73.5 Å². The minimum Gasteiger partial charge on any atom is -0.298 e. The summed E-state index contributed by atoms with van der Waals surface area (Å²) in [7, 11) is 0. The Kier molecular flexibility index (Phi) is 9.81. The molecule has 0 amide bonds. The van der Waals surface area contributed by atoms with Crippen LogP contribution in [0.15, 0.2) is 60.7 Å². The second kappa shape index (κ2) is 12.1. The quantitative estimate of drug-likeness (QED) is 0.283. The number of carbonyl (C=O) groups excluding carboxylic acids is 1. The van der Waals surface area contributed by atoms with Gasteiger partial charge in [-0.2, -0.15) is 0 Å². The van der Waals surface area contributed by atoms with Gasteiger partial charge in [0.05, 0.1) is 0 Å². The summed E-state index contributed by atoms with van der Waals surface area (Å²) in [5.74, 6) is 1.48. The van der Waals surface area contributed by atoms with Crippen LogP contribution in [0.5, 0.6) is 0 Å². The van der Waals surface area contributed by atoms with Gasteiger partial charge in [0.2, 0.25) is 0 Å². The molecule has 0 N–H and O–H groups in total. The summed E-state index contributed by atoms with van der Waals surface area (Å²) in [5.41, 5.74) is 2.23. The summed E-state index contributed by atoms with van der Waals surface area (Å²) in [5, 5.41) is 0. The van der Waals surface area contributed by atoms with E-state index < -0.39 is 0 Å². The molecule has 0 saturated carbocycles. The first-order valence-electron chi connectivity index (χ1n) is 9.53. The highest BCUT2D eigenvalue weighted by atomic mass is 35.5. The number of rotatable bonds is 12. The van der Waals surface area contributed by atoms with E-state index in [-0.39, 0.29) is 11.8 Å². The standard InChI is InChI=1S/C23H28Cl2O/c24-17-9-7-15-21(19-11-3-1-4-12-19)23(26)22(16-8-10-18-25)20-13-5-2-6-14-20/h1-6,11-14,21-22H,7-10,15-18H2. The molecule has 0 heterocycles. The van der Waals surface area contributed by atoms with Crippen LogP contribution in [0.25, 0.3) is 0 Å². The zero-order chi connectivity index (χ0) is 18.6. The van der Waals surface area contributed by atoms with Gasteiger partial charge in [0, 0.05) is 23.6 Å². The Morgan fingerprint density at radius 1 is 0.654 bits per heavy atom. The highest BCUT2D eigenvalue weighted by Crippen LogP contribution is 2.33. The lowest BCUT2D eigenvalue weighted by molar-refractivity contribution is -0.122. The molecule has 2 rings (SSSR count). The Labute approximate surface area is 167 Å². The van der Waals surface area contributed by atoms with Crippen molar-refractivity contribution in [1.29, 1.82) is 0 Å². The van der Waals surface area contributed by atoms with Gasteiger partial charge in [0.25, 0.3) is 0 Å². The van der Waals surface area contributed by atoms with Gasteiger partial charge < -0.3 is 0 Å². The zero-order valence-corrected chi connectivity index (χ0v) is 16.8. The molecule has 0 aliphatic rings. The first-order valence-corrected chi connectivity index (χ1v) is 10.6. The zero-order valence-electron chi connectivity index (χ0n) is 15.2. The van der Waals surface area contributed by atoms with E-state index in [2.05, 4.69) is 24.3 Å². The van der Waals surface area contributed by atoms with Crippen molar-refractivity contribution >= 4 is 29.0 Å². The molecular weight excluding hydrogens is 363 g/mol. The van der Waals surface area contributed by atoms with E-state index in [9.17, 15) is 4.79 Å². The third-order valence-electron chi connectivity index (χ3n) is 4.84. The van der Waals surface area contributed by atoms with Crippen molar-refractivity contribution in [2.75, 3.05) is 11.8 Å². The predicted molar refractivity (Wildman–Crippen MR) is 113 cm³/mol. The van der Waals surface area contributed by atoms with E-state index in [4.69, 9.17) is 23.2 Å². The fourth-order valence-electron chi connectivity index (χ4n) is 3.45. The summed E-state index contributed by atoms with van der Waals surface area (Å²) in [4.78, 5) is 13.6. The molecule has 0 saturated heterocycles. The van der Waals surface area contributed by atoms with E-state index in [0.29, 0.717) is 17.5 Å². The number of carbonyl (C=O) groups is 1. The van der Waals surface area contributed by atoms with Crippen molar-refractivity contribution in [3.63, 3.8) is 0 Å². The molecule has 0 bridgehead atoms. The van der Waals surface area contributed by atoms with Crippen LogP contribution in [0.1, 0.15) is 61.5 Å². The number of alkyl halides is 2. The van der Waals surface area contributed by atoms with E-state index in [0.717, 1.165) is 49.7 Å². The van der Waals surface area contributed by atoms with Gasteiger partial charge in [0.1, 0.15) is 5.78 Å². The van der Waals surface area contributed by atoms with Crippen LogP contribution in [-0.2, 0) is 4.79 Å². The third kappa shape index (κ3) is 6.45. The first kappa shape index (κ1) is 21.0. The maximum atomic E-state index is 13.6. The molecule has 0 aliphatic heterocycles. The smallest absolute Gasteiger partial charge is 0.147 e. The molecule has 2 atom stereocenters. The molecule has 0 aliphatic carbocycles. The molecule has 0 fully saturated rings. The van der Waals surface area contributed by atoms with Crippen LogP contribution < -0.4 is 0 Å². The van der Waals surface area contributed by atoms with Crippen LogP contribution in [-0.4, -0.2) is 17.5 Å². The summed E-state index contributed by atoms with van der Waals surface area (Å²) in [6.45, 7) is 0. The van der Waals surface area contributed by atoms with Gasteiger partial charge in [0.15, 0.2) is 0 Å². The minimum atomic E-state index is -0.0689. The van der Waals surface area contributed by atoms with E-state index in [1.165, 1.54) is 0 Å². The third-order valence-corrected chi connectivity index (χ3v) is 5.38. The lowest BCUT2D eigenvalue weighted by atomic mass is 9.79. The predicted octanol–water partition coefficient (Wildman–Crippen LogP) is 6.94. The summed E-state index contributed by atoms with van der Waals surface area (Å²) >= 11 is 11.7. The number of benzene rings is 2. The van der Waals surface area contributed by atoms with Crippen LogP contribution in [0, 0.1) is 0 Å². The van der Waals surface area contributed by atoms with Crippen molar-refractivity contribution in [1.82, 2.24) is 0 Å². The van der Waals surface area contributed by atoms with Crippen LogP contribution in [0.4, 0.5) is 0 Å². The van der Waals surface area contributed by atoms with Crippen LogP contribution >= 0.6 is 23.2 Å². The largest absolute Gasteiger partial charge is 0.298 e. The monoisotopic (exact) mass is 390 g/mol. The fourth-order valence-corrected chi connectivity index (χ4v) is 3.82. The first-order chi connectivity index (χ1) is 12.8. The summed E-state index contributed by atoms with van der Waals surface area (Å²) in [6.07, 6.45) is 5.54. The number of hydrogen-bond donors (Lipinski definition) is 0. The highest BCUT2D eigenvalue weighted by Gasteiger charge is 2.28. The molecule has 0 aromatic heterocycles. The molecule has 0 radical (unpaired) electrons. The molecule has 2 unspecified atom stereocenters. The molecule has 26 heavy (non-hydrogen) atoms. The second-order valence-electron chi connectivity index (χ2n) is 6.70.